The number of hydrogen-bond acceptors (Lipinski definition) is 2. The second-order valence-electron chi connectivity index (χ2n) is 7.02. The zero-order valence-electron chi connectivity index (χ0n) is 15.2. The van der Waals surface area contributed by atoms with E-state index >= 15 is 0 Å². The summed E-state index contributed by atoms with van der Waals surface area (Å²) in [6.07, 6.45) is 1.89. The van der Waals surface area contributed by atoms with Gasteiger partial charge in [-0.05, 0) is 18.6 Å². The molecule has 5 nitrogen and oxygen atoms in total. The molecule has 2 aromatic carbocycles. The predicted octanol–water partition coefficient (Wildman–Crippen LogP) is 3.60. The van der Waals surface area contributed by atoms with E-state index in [0.717, 1.165) is 23.0 Å². The fourth-order valence-electron chi connectivity index (χ4n) is 4.11. The zero-order valence-corrected chi connectivity index (χ0v) is 15.2. The average Bonchev–Trinajstić information content (AvgIpc) is 3.30. The summed E-state index contributed by atoms with van der Waals surface area (Å²) in [5, 5.41) is 10.6. The van der Waals surface area contributed by atoms with Gasteiger partial charge in [0.15, 0.2) is 0 Å². The number of carboxylic acid groups (broad SMARTS) is 1. The van der Waals surface area contributed by atoms with Crippen LogP contribution in [0.4, 0.5) is 0 Å². The minimum absolute atomic E-state index is 0.0944. The maximum atomic E-state index is 13.3. The monoisotopic (exact) mass is 362 g/mol. The van der Waals surface area contributed by atoms with Gasteiger partial charge in [0.2, 0.25) is 0 Å². The molecule has 0 aliphatic carbocycles. The number of likely N-dealkylation sites (tertiary alicyclic amines) is 1. The summed E-state index contributed by atoms with van der Waals surface area (Å²) in [7, 11) is 0. The van der Waals surface area contributed by atoms with Crippen molar-refractivity contribution in [2.24, 2.45) is 5.92 Å². The van der Waals surface area contributed by atoms with Crippen molar-refractivity contribution < 1.29 is 14.7 Å². The normalized spacial score (nSPS) is 19.5. The maximum Gasteiger partial charge on any atom is 0.308 e. The van der Waals surface area contributed by atoms with Crippen molar-refractivity contribution in [1.82, 2.24) is 9.47 Å². The summed E-state index contributed by atoms with van der Waals surface area (Å²) in [4.78, 5) is 26.8. The lowest BCUT2D eigenvalue weighted by Gasteiger charge is -2.16. The van der Waals surface area contributed by atoms with E-state index in [-0.39, 0.29) is 18.4 Å². The van der Waals surface area contributed by atoms with E-state index in [2.05, 4.69) is 4.57 Å². The van der Waals surface area contributed by atoms with E-state index in [1.54, 1.807) is 4.90 Å². The fourth-order valence-corrected chi connectivity index (χ4v) is 4.11. The Bertz CT molecular complexity index is 993. The Balaban J connectivity index is 1.68. The van der Waals surface area contributed by atoms with Crippen LogP contribution < -0.4 is 0 Å². The van der Waals surface area contributed by atoms with Crippen LogP contribution in [0, 0.1) is 5.92 Å². The van der Waals surface area contributed by atoms with Crippen molar-refractivity contribution in [2.75, 3.05) is 13.1 Å². The summed E-state index contributed by atoms with van der Waals surface area (Å²) < 4.78 is 2.06. The van der Waals surface area contributed by atoms with Crippen LogP contribution >= 0.6 is 0 Å². The predicted molar refractivity (Wildman–Crippen MR) is 104 cm³/mol. The molecule has 3 aromatic rings. The third kappa shape index (κ3) is 2.99. The molecule has 5 heteroatoms. The van der Waals surface area contributed by atoms with E-state index in [1.807, 2.05) is 67.7 Å². The number of carbonyl (C=O) groups excluding carboxylic acids is 1. The molecular weight excluding hydrogens is 340 g/mol. The van der Waals surface area contributed by atoms with Gasteiger partial charge in [-0.15, -0.1) is 0 Å². The first-order valence-corrected chi connectivity index (χ1v) is 9.25. The van der Waals surface area contributed by atoms with Gasteiger partial charge in [-0.2, -0.15) is 0 Å². The molecular formula is C22H22N2O3. The van der Waals surface area contributed by atoms with Gasteiger partial charge in [0.05, 0.1) is 11.5 Å². The van der Waals surface area contributed by atoms with Gasteiger partial charge in [-0.25, -0.2) is 0 Å². The van der Waals surface area contributed by atoms with Gasteiger partial charge < -0.3 is 14.6 Å². The number of benzene rings is 2. The van der Waals surface area contributed by atoms with Gasteiger partial charge in [-0.3, -0.25) is 9.59 Å². The number of rotatable bonds is 4. The third-order valence-electron chi connectivity index (χ3n) is 5.51. The SMILES string of the molecule is CCn1cc(C(=O)N2C[C@H](C(=O)O)[C@H](c3ccccc3)C2)c2ccccc21. The minimum Gasteiger partial charge on any atom is -0.481 e. The largest absolute Gasteiger partial charge is 0.481 e. The van der Waals surface area contributed by atoms with Crippen LogP contribution in [0.25, 0.3) is 10.9 Å². The van der Waals surface area contributed by atoms with E-state index < -0.39 is 11.9 Å². The minimum atomic E-state index is -0.852. The number of nitrogens with zero attached hydrogens (tertiary/aromatic N) is 2. The molecule has 4 rings (SSSR count). The number of aryl methyl sites for hydroxylation is 1. The molecule has 138 valence electrons. The Kier molecular flexibility index (Phi) is 4.44. The first-order chi connectivity index (χ1) is 13.1. The number of aromatic nitrogens is 1. The molecule has 0 unspecified atom stereocenters. The highest BCUT2D eigenvalue weighted by molar-refractivity contribution is 6.07. The molecule has 2 heterocycles. The number of amides is 1. The Morgan fingerprint density at radius 2 is 1.74 bits per heavy atom. The lowest BCUT2D eigenvalue weighted by Crippen LogP contribution is -2.29. The molecule has 1 amide bonds. The van der Waals surface area contributed by atoms with Crippen LogP contribution in [0.5, 0.6) is 0 Å². The number of aliphatic carboxylic acids is 1. The molecule has 1 aliphatic heterocycles. The first kappa shape index (κ1) is 17.3. The smallest absolute Gasteiger partial charge is 0.308 e. The fraction of sp³-hybridized carbons (Fsp3) is 0.273. The van der Waals surface area contributed by atoms with Crippen molar-refractivity contribution in [2.45, 2.75) is 19.4 Å². The summed E-state index contributed by atoms with van der Waals surface area (Å²) in [5.74, 6) is -1.72. The quantitative estimate of drug-likeness (QED) is 0.771. The molecule has 1 aromatic heterocycles. The first-order valence-electron chi connectivity index (χ1n) is 9.25. The average molecular weight is 362 g/mol. The van der Waals surface area contributed by atoms with Crippen LogP contribution in [0.3, 0.4) is 0 Å². The topological polar surface area (TPSA) is 62.5 Å². The Morgan fingerprint density at radius 1 is 1.04 bits per heavy atom. The highest BCUT2D eigenvalue weighted by Crippen LogP contribution is 2.34. The van der Waals surface area contributed by atoms with Crippen molar-refractivity contribution in [3.8, 4) is 0 Å². The van der Waals surface area contributed by atoms with Crippen LogP contribution in [0.1, 0.15) is 28.8 Å². The molecule has 0 bridgehead atoms. The van der Waals surface area contributed by atoms with Gasteiger partial charge in [0.25, 0.3) is 5.91 Å². The second-order valence-corrected chi connectivity index (χ2v) is 7.02. The summed E-state index contributed by atoms with van der Waals surface area (Å²) in [5.41, 5.74) is 2.64. The highest BCUT2D eigenvalue weighted by Gasteiger charge is 2.41. The van der Waals surface area contributed by atoms with E-state index in [4.69, 9.17) is 0 Å². The molecule has 1 aliphatic rings. The molecule has 27 heavy (non-hydrogen) atoms. The molecule has 1 fully saturated rings. The van der Waals surface area contributed by atoms with Crippen LogP contribution in [-0.2, 0) is 11.3 Å². The molecule has 2 atom stereocenters. The van der Waals surface area contributed by atoms with Crippen LogP contribution in [0.15, 0.2) is 60.8 Å². The summed E-state index contributed by atoms with van der Waals surface area (Å²) in [6.45, 7) is 3.48. The number of para-hydroxylation sites is 1. The molecule has 0 radical (unpaired) electrons. The zero-order chi connectivity index (χ0) is 19.0. The van der Waals surface area contributed by atoms with Gasteiger partial charge >= 0.3 is 5.97 Å². The Morgan fingerprint density at radius 3 is 2.44 bits per heavy atom. The standard InChI is InChI=1S/C22H22N2O3/c1-2-23-13-18(16-10-6-7-11-20(16)23)21(25)24-12-17(19(14-24)22(26)27)15-8-4-3-5-9-15/h3-11,13,17,19H,2,12,14H2,1H3,(H,26,27)/t17-,19-/m0/s1. The van der Waals surface area contributed by atoms with E-state index in [1.165, 1.54) is 0 Å². The van der Waals surface area contributed by atoms with E-state index in [0.29, 0.717) is 12.1 Å². The highest BCUT2D eigenvalue weighted by atomic mass is 16.4. The van der Waals surface area contributed by atoms with Gasteiger partial charge in [0.1, 0.15) is 0 Å². The van der Waals surface area contributed by atoms with Crippen LogP contribution in [0.2, 0.25) is 0 Å². The number of carboxylic acids is 1. The third-order valence-corrected chi connectivity index (χ3v) is 5.51. The number of hydrogen-bond donors (Lipinski definition) is 1. The Labute approximate surface area is 157 Å². The molecule has 0 spiro atoms. The molecule has 1 saturated heterocycles. The van der Waals surface area contributed by atoms with Crippen molar-refractivity contribution in [3.63, 3.8) is 0 Å². The number of carbonyl (C=O) groups is 2. The van der Waals surface area contributed by atoms with Crippen molar-refractivity contribution in [1.29, 1.82) is 0 Å². The van der Waals surface area contributed by atoms with Gasteiger partial charge in [0, 0.05) is 42.7 Å². The van der Waals surface area contributed by atoms with Crippen molar-refractivity contribution in [3.05, 3.63) is 71.9 Å². The Hall–Kier alpha value is -3.08. The van der Waals surface area contributed by atoms with Gasteiger partial charge in [-0.1, -0.05) is 48.5 Å². The lowest BCUT2D eigenvalue weighted by atomic mass is 9.89. The molecule has 1 N–H and O–H groups in total. The van der Waals surface area contributed by atoms with E-state index in [9.17, 15) is 14.7 Å². The van der Waals surface area contributed by atoms with Crippen molar-refractivity contribution >= 4 is 22.8 Å². The maximum absolute atomic E-state index is 13.3. The molecule has 0 saturated carbocycles. The summed E-state index contributed by atoms with van der Waals surface area (Å²) >= 11 is 0. The van der Waals surface area contributed by atoms with Crippen LogP contribution in [-0.4, -0.2) is 39.5 Å². The summed E-state index contributed by atoms with van der Waals surface area (Å²) in [6, 6.07) is 17.5. The lowest BCUT2D eigenvalue weighted by molar-refractivity contribution is -0.141. The number of fused-ring (bicyclic) bond motifs is 1. The second kappa shape index (κ2) is 6.91.